The summed E-state index contributed by atoms with van der Waals surface area (Å²) >= 11 is 7.32. The lowest BCUT2D eigenvalue weighted by atomic mass is 10.1. The molecule has 7 heteroatoms. The minimum Gasteiger partial charge on any atom is -0.350 e. The van der Waals surface area contributed by atoms with Crippen molar-refractivity contribution in [1.29, 1.82) is 0 Å². The second-order valence-electron chi connectivity index (χ2n) is 6.26. The van der Waals surface area contributed by atoms with Crippen LogP contribution in [0.1, 0.15) is 15.2 Å². The number of amides is 2. The van der Waals surface area contributed by atoms with Crippen molar-refractivity contribution < 1.29 is 9.59 Å². The van der Waals surface area contributed by atoms with E-state index >= 15 is 0 Å². The minimum atomic E-state index is -0.0169. The Labute approximate surface area is 162 Å². The first kappa shape index (κ1) is 18.9. The number of piperazine rings is 1. The fraction of sp³-hybridized carbons (Fsp3) is 0.368. The van der Waals surface area contributed by atoms with Crippen molar-refractivity contribution in [1.82, 2.24) is 15.1 Å². The van der Waals surface area contributed by atoms with Gasteiger partial charge in [0, 0.05) is 44.3 Å². The van der Waals surface area contributed by atoms with Gasteiger partial charge in [-0.15, -0.1) is 11.3 Å². The molecular formula is C19H22ClN3O2S. The van der Waals surface area contributed by atoms with E-state index in [1.807, 2.05) is 46.7 Å². The van der Waals surface area contributed by atoms with Crippen LogP contribution in [0.25, 0.3) is 0 Å². The number of hydrogen-bond acceptors (Lipinski definition) is 4. The Bertz CT molecular complexity index is 726. The highest BCUT2D eigenvalue weighted by Crippen LogP contribution is 2.12. The molecule has 2 heterocycles. The van der Waals surface area contributed by atoms with Gasteiger partial charge in [-0.05, 0) is 29.1 Å². The first-order valence-corrected chi connectivity index (χ1v) is 9.94. The van der Waals surface area contributed by atoms with Gasteiger partial charge in [-0.1, -0.05) is 29.8 Å². The number of rotatable bonds is 6. The van der Waals surface area contributed by atoms with Crippen LogP contribution in [0.5, 0.6) is 0 Å². The van der Waals surface area contributed by atoms with Crippen molar-refractivity contribution in [3.63, 3.8) is 0 Å². The normalized spacial score (nSPS) is 15.0. The average Bonchev–Trinajstić information content (AvgIpc) is 3.19. The number of carbonyl (C=O) groups is 2. The van der Waals surface area contributed by atoms with Crippen molar-refractivity contribution in [2.45, 2.75) is 6.42 Å². The SMILES string of the molecule is O=C(NCCN1CCN(C(=O)Cc2ccc(Cl)cc2)CC1)c1cccs1. The standard InChI is InChI=1S/C19H22ClN3O2S/c20-16-5-3-15(4-6-16)14-18(24)23-11-9-22(10-12-23)8-7-21-19(25)17-2-1-13-26-17/h1-6,13H,7-12,14H2,(H,21,25). The van der Waals surface area contributed by atoms with Crippen LogP contribution in [-0.2, 0) is 11.2 Å². The van der Waals surface area contributed by atoms with E-state index in [1.165, 1.54) is 11.3 Å². The number of thiophene rings is 1. The summed E-state index contributed by atoms with van der Waals surface area (Å²) in [4.78, 5) is 29.2. The summed E-state index contributed by atoms with van der Waals surface area (Å²) < 4.78 is 0. The predicted octanol–water partition coefficient (Wildman–Crippen LogP) is 2.52. The third-order valence-electron chi connectivity index (χ3n) is 4.45. The van der Waals surface area contributed by atoms with E-state index < -0.39 is 0 Å². The van der Waals surface area contributed by atoms with Gasteiger partial charge in [0.1, 0.15) is 0 Å². The van der Waals surface area contributed by atoms with Gasteiger partial charge in [-0.3, -0.25) is 14.5 Å². The Kier molecular flexibility index (Phi) is 6.66. The predicted molar refractivity (Wildman–Crippen MR) is 105 cm³/mol. The molecule has 1 saturated heterocycles. The lowest BCUT2D eigenvalue weighted by Crippen LogP contribution is -2.50. The Morgan fingerprint density at radius 1 is 1.08 bits per heavy atom. The lowest BCUT2D eigenvalue weighted by Gasteiger charge is -2.34. The molecular weight excluding hydrogens is 370 g/mol. The molecule has 0 radical (unpaired) electrons. The maximum Gasteiger partial charge on any atom is 0.261 e. The second kappa shape index (κ2) is 9.16. The zero-order valence-electron chi connectivity index (χ0n) is 14.5. The molecule has 0 aliphatic carbocycles. The minimum absolute atomic E-state index is 0.0169. The Balaban J connectivity index is 1.36. The molecule has 0 atom stereocenters. The van der Waals surface area contributed by atoms with E-state index in [0.717, 1.165) is 43.2 Å². The van der Waals surface area contributed by atoms with E-state index in [4.69, 9.17) is 11.6 Å². The molecule has 0 unspecified atom stereocenters. The van der Waals surface area contributed by atoms with E-state index in [9.17, 15) is 9.59 Å². The van der Waals surface area contributed by atoms with Gasteiger partial charge in [0.25, 0.3) is 5.91 Å². The molecule has 0 spiro atoms. The highest BCUT2D eigenvalue weighted by Gasteiger charge is 2.21. The molecule has 2 aromatic rings. The third kappa shape index (κ3) is 5.30. The molecule has 1 aliphatic heterocycles. The molecule has 1 N–H and O–H groups in total. The average molecular weight is 392 g/mol. The van der Waals surface area contributed by atoms with Gasteiger partial charge in [-0.2, -0.15) is 0 Å². The zero-order chi connectivity index (χ0) is 18.4. The molecule has 26 heavy (non-hydrogen) atoms. The van der Waals surface area contributed by atoms with Gasteiger partial charge < -0.3 is 10.2 Å². The van der Waals surface area contributed by atoms with Crippen LogP contribution >= 0.6 is 22.9 Å². The summed E-state index contributed by atoms with van der Waals surface area (Å²) in [5, 5.41) is 5.52. The Morgan fingerprint density at radius 2 is 1.81 bits per heavy atom. The van der Waals surface area contributed by atoms with Gasteiger partial charge in [-0.25, -0.2) is 0 Å². The maximum atomic E-state index is 12.4. The van der Waals surface area contributed by atoms with Crippen molar-refractivity contribution in [2.24, 2.45) is 0 Å². The monoisotopic (exact) mass is 391 g/mol. The number of nitrogens with zero attached hydrogens (tertiary/aromatic N) is 2. The Hall–Kier alpha value is -1.89. The number of halogens is 1. The summed E-state index contributed by atoms with van der Waals surface area (Å²) in [6.07, 6.45) is 0.411. The molecule has 1 aromatic carbocycles. The van der Waals surface area contributed by atoms with Crippen molar-refractivity contribution in [3.05, 3.63) is 57.2 Å². The van der Waals surface area contributed by atoms with Crippen LogP contribution in [0.15, 0.2) is 41.8 Å². The molecule has 138 valence electrons. The first-order chi connectivity index (χ1) is 12.6. The van der Waals surface area contributed by atoms with E-state index in [1.54, 1.807) is 0 Å². The number of benzene rings is 1. The van der Waals surface area contributed by atoms with Gasteiger partial charge in [0.15, 0.2) is 0 Å². The van der Waals surface area contributed by atoms with Crippen molar-refractivity contribution in [2.75, 3.05) is 39.3 Å². The summed E-state index contributed by atoms with van der Waals surface area (Å²) in [6.45, 7) is 4.55. The van der Waals surface area contributed by atoms with Gasteiger partial charge in [0.2, 0.25) is 5.91 Å². The van der Waals surface area contributed by atoms with E-state index in [2.05, 4.69) is 10.2 Å². The second-order valence-corrected chi connectivity index (χ2v) is 7.64. The van der Waals surface area contributed by atoms with Gasteiger partial charge >= 0.3 is 0 Å². The van der Waals surface area contributed by atoms with Crippen LogP contribution in [0.2, 0.25) is 5.02 Å². The summed E-state index contributed by atoms with van der Waals surface area (Å²) in [6, 6.07) is 11.1. The molecule has 1 aliphatic rings. The number of carbonyl (C=O) groups excluding carboxylic acids is 2. The zero-order valence-corrected chi connectivity index (χ0v) is 16.1. The maximum absolute atomic E-state index is 12.4. The topological polar surface area (TPSA) is 52.7 Å². The van der Waals surface area contributed by atoms with Crippen LogP contribution < -0.4 is 5.32 Å². The molecule has 2 amide bonds. The van der Waals surface area contributed by atoms with Gasteiger partial charge in [0.05, 0.1) is 11.3 Å². The largest absolute Gasteiger partial charge is 0.350 e. The quantitative estimate of drug-likeness (QED) is 0.823. The highest BCUT2D eigenvalue weighted by atomic mass is 35.5. The molecule has 3 rings (SSSR count). The number of nitrogens with one attached hydrogen (secondary N) is 1. The third-order valence-corrected chi connectivity index (χ3v) is 5.57. The van der Waals surface area contributed by atoms with Crippen LogP contribution in [0, 0.1) is 0 Å². The lowest BCUT2D eigenvalue weighted by molar-refractivity contribution is -0.132. The molecule has 1 fully saturated rings. The fourth-order valence-electron chi connectivity index (χ4n) is 2.93. The highest BCUT2D eigenvalue weighted by molar-refractivity contribution is 7.12. The first-order valence-electron chi connectivity index (χ1n) is 8.68. The van der Waals surface area contributed by atoms with Crippen molar-refractivity contribution in [3.8, 4) is 0 Å². The number of hydrogen-bond donors (Lipinski definition) is 1. The van der Waals surface area contributed by atoms with Crippen molar-refractivity contribution >= 4 is 34.8 Å². The molecule has 1 aromatic heterocycles. The smallest absolute Gasteiger partial charge is 0.261 e. The van der Waals surface area contributed by atoms with Crippen LogP contribution in [0.3, 0.4) is 0 Å². The molecule has 0 saturated carbocycles. The van der Waals surface area contributed by atoms with Crippen LogP contribution in [0.4, 0.5) is 0 Å². The molecule has 5 nitrogen and oxygen atoms in total. The summed E-state index contributed by atoms with van der Waals surface area (Å²) in [5.74, 6) is 0.134. The summed E-state index contributed by atoms with van der Waals surface area (Å²) in [5.41, 5.74) is 0.984. The fourth-order valence-corrected chi connectivity index (χ4v) is 3.70. The summed E-state index contributed by atoms with van der Waals surface area (Å²) in [7, 11) is 0. The van der Waals surface area contributed by atoms with E-state index in [0.29, 0.717) is 18.0 Å². The molecule has 0 bridgehead atoms. The Morgan fingerprint density at radius 3 is 2.46 bits per heavy atom. The van der Waals surface area contributed by atoms with E-state index in [-0.39, 0.29) is 11.8 Å². The van der Waals surface area contributed by atoms with Crippen LogP contribution in [-0.4, -0.2) is 60.9 Å².